The van der Waals surface area contributed by atoms with Crippen LogP contribution >= 0.6 is 15.9 Å². The Balaban J connectivity index is 2.20. The third-order valence-corrected chi connectivity index (χ3v) is 4.23. The second kappa shape index (κ2) is 7.47. The Morgan fingerprint density at radius 2 is 1.25 bits per heavy atom. The number of hydrogen-bond acceptors (Lipinski definition) is 5. The molecule has 0 N–H and O–H groups in total. The molecule has 2 rings (SSSR count). The van der Waals surface area contributed by atoms with Gasteiger partial charge < -0.3 is 9.47 Å². The van der Waals surface area contributed by atoms with Crippen LogP contribution in [0.1, 0.15) is 38.1 Å². The van der Waals surface area contributed by atoms with Crippen molar-refractivity contribution in [2.24, 2.45) is 17.8 Å². The van der Waals surface area contributed by atoms with E-state index in [1.54, 1.807) is 52.0 Å². The van der Waals surface area contributed by atoms with Crippen LogP contribution in [0.25, 0.3) is 0 Å². The molecule has 0 aromatic heterocycles. The van der Waals surface area contributed by atoms with Crippen LogP contribution in [0, 0.1) is 17.8 Å². The highest BCUT2D eigenvalue weighted by molar-refractivity contribution is 9.10. The molecule has 1 aromatic rings. The summed E-state index contributed by atoms with van der Waals surface area (Å²) in [5.74, 6) is -3.54. The van der Waals surface area contributed by atoms with Crippen LogP contribution in [-0.4, -0.2) is 29.9 Å². The molecule has 1 unspecified atom stereocenters. The predicted octanol–water partition coefficient (Wildman–Crippen LogP) is 3.40. The molecule has 1 fully saturated rings. The van der Waals surface area contributed by atoms with Gasteiger partial charge in [-0.1, -0.05) is 28.1 Å². The number of ether oxygens (including phenoxy) is 2. The summed E-state index contributed by atoms with van der Waals surface area (Å²) in [7, 11) is 0. The Bertz CT molecular complexity index is 607. The maximum atomic E-state index is 12.7. The van der Waals surface area contributed by atoms with Crippen molar-refractivity contribution in [3.8, 4) is 0 Å². The molecular weight excluding hydrogens is 376 g/mol. The highest BCUT2D eigenvalue weighted by Crippen LogP contribution is 2.50. The molecule has 0 aliphatic heterocycles. The summed E-state index contributed by atoms with van der Waals surface area (Å²) in [4.78, 5) is 37.1. The fourth-order valence-corrected chi connectivity index (χ4v) is 2.92. The van der Waals surface area contributed by atoms with E-state index in [2.05, 4.69) is 15.9 Å². The molecule has 0 saturated heterocycles. The minimum atomic E-state index is -0.769. The minimum absolute atomic E-state index is 0.237. The second-order valence-corrected chi connectivity index (χ2v) is 7.34. The molecule has 1 aliphatic carbocycles. The van der Waals surface area contributed by atoms with Gasteiger partial charge >= 0.3 is 11.9 Å². The number of hydrogen-bond donors (Lipinski definition) is 0. The molecule has 24 heavy (non-hydrogen) atoms. The summed E-state index contributed by atoms with van der Waals surface area (Å²) in [6.07, 6.45) is -0.605. The van der Waals surface area contributed by atoms with E-state index in [0.29, 0.717) is 5.56 Å². The zero-order valence-electron chi connectivity index (χ0n) is 14.1. The fraction of sp³-hybridized carbons (Fsp3) is 0.500. The zero-order valence-corrected chi connectivity index (χ0v) is 15.7. The van der Waals surface area contributed by atoms with Crippen LogP contribution in [0.15, 0.2) is 28.7 Å². The van der Waals surface area contributed by atoms with Gasteiger partial charge in [0.15, 0.2) is 5.78 Å². The van der Waals surface area contributed by atoms with Crippen LogP contribution in [0.2, 0.25) is 0 Å². The summed E-state index contributed by atoms with van der Waals surface area (Å²) in [5, 5.41) is 0. The zero-order chi connectivity index (χ0) is 18.0. The van der Waals surface area contributed by atoms with Gasteiger partial charge in [0.1, 0.15) is 0 Å². The Morgan fingerprint density at radius 1 is 0.833 bits per heavy atom. The first-order chi connectivity index (χ1) is 11.2. The lowest BCUT2D eigenvalue weighted by atomic mass is 10.1. The Labute approximate surface area is 149 Å². The van der Waals surface area contributed by atoms with E-state index in [9.17, 15) is 14.4 Å². The normalized spacial score (nSPS) is 22.4. The van der Waals surface area contributed by atoms with E-state index in [1.165, 1.54) is 0 Å². The fourth-order valence-electron chi connectivity index (χ4n) is 2.65. The van der Waals surface area contributed by atoms with Crippen molar-refractivity contribution in [1.29, 1.82) is 0 Å². The van der Waals surface area contributed by atoms with Crippen molar-refractivity contribution in [1.82, 2.24) is 0 Å². The van der Waals surface area contributed by atoms with Crippen LogP contribution < -0.4 is 0 Å². The largest absolute Gasteiger partial charge is 0.463 e. The molecule has 0 radical (unpaired) electrons. The molecule has 1 aliphatic rings. The van der Waals surface area contributed by atoms with E-state index >= 15 is 0 Å². The van der Waals surface area contributed by atoms with Crippen molar-refractivity contribution >= 4 is 33.7 Å². The Kier molecular flexibility index (Phi) is 5.80. The van der Waals surface area contributed by atoms with Gasteiger partial charge in [-0.25, -0.2) is 0 Å². The first-order valence-corrected chi connectivity index (χ1v) is 8.72. The molecule has 1 saturated carbocycles. The Hall–Kier alpha value is -1.69. The monoisotopic (exact) mass is 396 g/mol. The molecular formula is C18H21BrO5. The number of halogens is 1. The highest BCUT2D eigenvalue weighted by atomic mass is 79.9. The first kappa shape index (κ1) is 18.6. The van der Waals surface area contributed by atoms with Crippen LogP contribution in [0.3, 0.4) is 0 Å². The lowest BCUT2D eigenvalue weighted by molar-refractivity contribution is -0.155. The van der Waals surface area contributed by atoms with Gasteiger partial charge in [-0.3, -0.25) is 14.4 Å². The standard InChI is InChI=1S/C18H21BrO5/c1-9(2)23-17(21)14-13(15(14)18(22)24-10(3)4)16(20)11-5-7-12(19)8-6-11/h5-10,13-15H,1-4H3/t13?,14-,15+. The maximum absolute atomic E-state index is 12.7. The number of carbonyl (C=O) groups is 3. The van der Waals surface area contributed by atoms with E-state index in [1.807, 2.05) is 0 Å². The maximum Gasteiger partial charge on any atom is 0.310 e. The number of Topliss-reactive ketones (excluding diaryl/α,β-unsaturated/α-hetero) is 1. The van der Waals surface area contributed by atoms with Crippen molar-refractivity contribution in [3.63, 3.8) is 0 Å². The first-order valence-electron chi connectivity index (χ1n) is 7.93. The molecule has 0 spiro atoms. The summed E-state index contributed by atoms with van der Waals surface area (Å²) in [5.41, 5.74) is 0.463. The molecule has 1 aromatic carbocycles. The molecule has 0 heterocycles. The topological polar surface area (TPSA) is 69.7 Å². The molecule has 6 heteroatoms. The van der Waals surface area contributed by atoms with E-state index in [-0.39, 0.29) is 18.0 Å². The van der Waals surface area contributed by atoms with Crippen LogP contribution in [0.5, 0.6) is 0 Å². The summed E-state index contributed by atoms with van der Waals surface area (Å²) >= 11 is 3.31. The lowest BCUT2D eigenvalue weighted by Crippen LogP contribution is -2.18. The molecule has 0 bridgehead atoms. The number of ketones is 1. The van der Waals surface area contributed by atoms with Gasteiger partial charge in [0, 0.05) is 10.0 Å². The number of benzene rings is 1. The minimum Gasteiger partial charge on any atom is -0.463 e. The molecule has 0 amide bonds. The van der Waals surface area contributed by atoms with Gasteiger partial charge in [0.05, 0.1) is 30.0 Å². The summed E-state index contributed by atoms with van der Waals surface area (Å²) in [6, 6.07) is 6.83. The SMILES string of the molecule is CC(C)OC(=O)[C@@H]1C(C(=O)c2ccc(Br)cc2)[C@@H]1C(=O)OC(C)C. The highest BCUT2D eigenvalue weighted by Gasteiger charge is 2.64. The van der Waals surface area contributed by atoms with E-state index in [4.69, 9.17) is 9.47 Å². The quantitative estimate of drug-likeness (QED) is 0.544. The third-order valence-electron chi connectivity index (χ3n) is 3.70. The van der Waals surface area contributed by atoms with Crippen molar-refractivity contribution < 1.29 is 23.9 Å². The summed E-state index contributed by atoms with van der Waals surface area (Å²) < 4.78 is 11.2. The van der Waals surface area contributed by atoms with Crippen molar-refractivity contribution in [2.75, 3.05) is 0 Å². The summed E-state index contributed by atoms with van der Waals surface area (Å²) in [6.45, 7) is 6.92. The van der Waals surface area contributed by atoms with Gasteiger partial charge in [0.25, 0.3) is 0 Å². The lowest BCUT2D eigenvalue weighted by Gasteiger charge is -2.08. The Morgan fingerprint density at radius 3 is 1.62 bits per heavy atom. The molecule has 3 atom stereocenters. The van der Waals surface area contributed by atoms with Gasteiger partial charge in [-0.15, -0.1) is 0 Å². The van der Waals surface area contributed by atoms with Crippen molar-refractivity contribution in [3.05, 3.63) is 34.3 Å². The molecule has 5 nitrogen and oxygen atoms in total. The number of carbonyl (C=O) groups excluding carboxylic acids is 3. The van der Waals surface area contributed by atoms with Crippen LogP contribution in [-0.2, 0) is 19.1 Å². The third kappa shape index (κ3) is 4.23. The second-order valence-electron chi connectivity index (χ2n) is 6.42. The smallest absolute Gasteiger partial charge is 0.310 e. The molecule has 130 valence electrons. The predicted molar refractivity (Wildman–Crippen MR) is 91.4 cm³/mol. The van der Waals surface area contributed by atoms with Gasteiger partial charge in [-0.05, 0) is 39.8 Å². The number of rotatable bonds is 6. The average Bonchev–Trinajstić information content (AvgIpc) is 3.21. The number of esters is 2. The van der Waals surface area contributed by atoms with Crippen LogP contribution in [0.4, 0.5) is 0 Å². The van der Waals surface area contributed by atoms with E-state index < -0.39 is 29.7 Å². The van der Waals surface area contributed by atoms with E-state index in [0.717, 1.165) is 4.47 Å². The van der Waals surface area contributed by atoms with Crippen molar-refractivity contribution in [2.45, 2.75) is 39.9 Å². The van der Waals surface area contributed by atoms with Gasteiger partial charge in [0.2, 0.25) is 0 Å². The average molecular weight is 397 g/mol. The van der Waals surface area contributed by atoms with Gasteiger partial charge in [-0.2, -0.15) is 0 Å².